The molecule has 156 valence electrons. The number of nitrogens with zero attached hydrogens (tertiary/aromatic N) is 1. The summed E-state index contributed by atoms with van der Waals surface area (Å²) in [6.45, 7) is 1.90. The predicted octanol–water partition coefficient (Wildman–Crippen LogP) is 5.48. The van der Waals surface area contributed by atoms with Crippen molar-refractivity contribution in [2.75, 3.05) is 13.2 Å². The summed E-state index contributed by atoms with van der Waals surface area (Å²) in [7, 11) is 0. The number of aliphatic hydroxyl groups excluding tert-OH is 1. The van der Waals surface area contributed by atoms with Crippen molar-refractivity contribution in [3.63, 3.8) is 0 Å². The summed E-state index contributed by atoms with van der Waals surface area (Å²) in [5, 5.41) is 12.6. The number of aromatic nitrogens is 1. The zero-order valence-corrected chi connectivity index (χ0v) is 15.3. The fraction of sp³-hybridized carbons (Fsp3) is 0.526. The smallest absolute Gasteiger partial charge is 0.394 e. The number of hydrogen-bond acceptors (Lipinski definition) is 3. The van der Waals surface area contributed by atoms with Gasteiger partial charge in [-0.05, 0) is 30.7 Å². The number of fused-ring (bicyclic) bond motifs is 1. The van der Waals surface area contributed by atoms with Gasteiger partial charge in [0.05, 0.1) is 23.7 Å². The van der Waals surface area contributed by atoms with Crippen molar-refractivity contribution in [1.82, 2.24) is 10.3 Å². The Morgan fingerprint density at radius 3 is 2.32 bits per heavy atom. The second kappa shape index (κ2) is 9.09. The summed E-state index contributed by atoms with van der Waals surface area (Å²) >= 11 is 0. The van der Waals surface area contributed by atoms with Crippen LogP contribution >= 0.6 is 0 Å². The van der Waals surface area contributed by atoms with Crippen LogP contribution in [0.3, 0.4) is 0 Å². The maximum atomic E-state index is 13.3. The third-order valence-electron chi connectivity index (χ3n) is 4.45. The second-order valence-electron chi connectivity index (χ2n) is 6.54. The molecule has 1 atom stereocenters. The molecule has 2 N–H and O–H groups in total. The molecule has 0 bridgehead atoms. The van der Waals surface area contributed by atoms with Crippen LogP contribution in [-0.4, -0.2) is 23.2 Å². The van der Waals surface area contributed by atoms with Gasteiger partial charge in [0.15, 0.2) is 0 Å². The number of pyridine rings is 1. The van der Waals surface area contributed by atoms with Gasteiger partial charge >= 0.3 is 12.4 Å². The first-order valence-corrected chi connectivity index (χ1v) is 9.01. The first-order valence-electron chi connectivity index (χ1n) is 9.01. The molecule has 1 unspecified atom stereocenters. The number of aliphatic hydroxyl groups is 1. The van der Waals surface area contributed by atoms with Gasteiger partial charge in [0.1, 0.15) is 5.69 Å². The molecule has 0 saturated carbocycles. The van der Waals surface area contributed by atoms with Crippen molar-refractivity contribution in [2.24, 2.45) is 0 Å². The number of nitrogens with one attached hydrogen (secondary N) is 1. The minimum absolute atomic E-state index is 0.0542. The van der Waals surface area contributed by atoms with Crippen LogP contribution in [-0.2, 0) is 12.4 Å². The lowest BCUT2D eigenvalue weighted by atomic mass is 9.98. The molecule has 0 aliphatic carbocycles. The van der Waals surface area contributed by atoms with Crippen molar-refractivity contribution in [3.05, 3.63) is 41.1 Å². The van der Waals surface area contributed by atoms with Gasteiger partial charge < -0.3 is 10.4 Å². The van der Waals surface area contributed by atoms with E-state index in [0.29, 0.717) is 18.7 Å². The van der Waals surface area contributed by atoms with Crippen LogP contribution in [0.1, 0.15) is 55.5 Å². The average molecular weight is 408 g/mol. The molecule has 2 rings (SSSR count). The molecule has 0 radical (unpaired) electrons. The number of para-hydroxylation sites is 1. The molecular formula is C19H22F6N2O. The molecule has 9 heteroatoms. The lowest BCUT2D eigenvalue weighted by Crippen LogP contribution is -2.26. The SMILES string of the molecule is CCCCCCNC(CO)c1cc(C(F)(F)F)nc2c(C(F)(F)F)cccc12. The van der Waals surface area contributed by atoms with E-state index in [1.807, 2.05) is 6.92 Å². The average Bonchev–Trinajstić information content (AvgIpc) is 2.62. The van der Waals surface area contributed by atoms with E-state index in [2.05, 4.69) is 10.3 Å². The minimum atomic E-state index is -4.91. The normalized spacial score (nSPS) is 13.9. The number of unbranched alkanes of at least 4 members (excludes halogenated alkanes) is 3. The zero-order valence-electron chi connectivity index (χ0n) is 15.3. The van der Waals surface area contributed by atoms with Crippen molar-refractivity contribution in [1.29, 1.82) is 0 Å². The van der Waals surface area contributed by atoms with Gasteiger partial charge in [0, 0.05) is 5.39 Å². The van der Waals surface area contributed by atoms with Crippen LogP contribution in [0, 0.1) is 0 Å². The van der Waals surface area contributed by atoms with Crippen molar-refractivity contribution in [3.8, 4) is 0 Å². The number of halogens is 6. The highest BCUT2D eigenvalue weighted by molar-refractivity contribution is 5.86. The third kappa shape index (κ3) is 5.35. The van der Waals surface area contributed by atoms with Gasteiger partial charge in [0.25, 0.3) is 0 Å². The van der Waals surface area contributed by atoms with Crippen LogP contribution in [0.2, 0.25) is 0 Å². The molecule has 28 heavy (non-hydrogen) atoms. The number of alkyl halides is 6. The van der Waals surface area contributed by atoms with Gasteiger partial charge in [-0.25, -0.2) is 4.98 Å². The van der Waals surface area contributed by atoms with E-state index in [1.165, 1.54) is 6.07 Å². The van der Waals surface area contributed by atoms with E-state index < -0.39 is 41.8 Å². The Kier molecular flexibility index (Phi) is 7.28. The highest BCUT2D eigenvalue weighted by atomic mass is 19.4. The van der Waals surface area contributed by atoms with E-state index in [9.17, 15) is 31.4 Å². The van der Waals surface area contributed by atoms with Gasteiger partial charge in [0.2, 0.25) is 0 Å². The summed E-state index contributed by atoms with van der Waals surface area (Å²) in [5.41, 5.74) is -3.48. The second-order valence-corrected chi connectivity index (χ2v) is 6.54. The predicted molar refractivity (Wildman–Crippen MR) is 93.7 cm³/mol. The van der Waals surface area contributed by atoms with Crippen LogP contribution in [0.25, 0.3) is 10.9 Å². The van der Waals surface area contributed by atoms with E-state index in [0.717, 1.165) is 31.7 Å². The molecule has 0 amide bonds. The highest BCUT2D eigenvalue weighted by Gasteiger charge is 2.38. The Hall–Kier alpha value is -1.87. The van der Waals surface area contributed by atoms with E-state index in [1.54, 1.807) is 0 Å². The third-order valence-corrected chi connectivity index (χ3v) is 4.45. The molecule has 1 aromatic heterocycles. The lowest BCUT2D eigenvalue weighted by Gasteiger charge is -2.21. The summed E-state index contributed by atoms with van der Waals surface area (Å²) in [6, 6.07) is 2.89. The maximum absolute atomic E-state index is 13.3. The van der Waals surface area contributed by atoms with Crippen molar-refractivity contribution < 1.29 is 31.4 Å². The molecule has 0 saturated heterocycles. The molecule has 0 aliphatic rings. The number of hydrogen-bond donors (Lipinski definition) is 2. The first kappa shape index (κ1) is 22.4. The maximum Gasteiger partial charge on any atom is 0.433 e. The lowest BCUT2D eigenvalue weighted by molar-refractivity contribution is -0.142. The Bertz CT molecular complexity index is 788. The Balaban J connectivity index is 2.53. The Labute approximate surface area is 158 Å². The van der Waals surface area contributed by atoms with E-state index >= 15 is 0 Å². The van der Waals surface area contributed by atoms with Crippen LogP contribution < -0.4 is 5.32 Å². The first-order chi connectivity index (χ1) is 13.1. The molecule has 0 fully saturated rings. The molecule has 0 spiro atoms. The zero-order chi connectivity index (χ0) is 20.9. The Morgan fingerprint density at radius 2 is 1.75 bits per heavy atom. The minimum Gasteiger partial charge on any atom is -0.394 e. The van der Waals surface area contributed by atoms with Gasteiger partial charge in [-0.15, -0.1) is 0 Å². The summed E-state index contributed by atoms with van der Waals surface area (Å²) < 4.78 is 79.7. The summed E-state index contributed by atoms with van der Waals surface area (Å²) in [4.78, 5) is 3.26. The highest BCUT2D eigenvalue weighted by Crippen LogP contribution is 2.38. The summed E-state index contributed by atoms with van der Waals surface area (Å²) in [6.07, 6.45) is -6.11. The van der Waals surface area contributed by atoms with E-state index in [-0.39, 0.29) is 10.9 Å². The van der Waals surface area contributed by atoms with Crippen LogP contribution in [0.5, 0.6) is 0 Å². The Morgan fingerprint density at radius 1 is 1.04 bits per heavy atom. The fourth-order valence-electron chi connectivity index (χ4n) is 3.04. The quantitative estimate of drug-likeness (QED) is 0.449. The molecular weight excluding hydrogens is 386 g/mol. The van der Waals surface area contributed by atoms with Gasteiger partial charge in [-0.2, -0.15) is 26.3 Å². The number of rotatable bonds is 8. The van der Waals surface area contributed by atoms with Gasteiger partial charge in [-0.3, -0.25) is 0 Å². The van der Waals surface area contributed by atoms with Gasteiger partial charge in [-0.1, -0.05) is 38.3 Å². The van der Waals surface area contributed by atoms with E-state index in [4.69, 9.17) is 0 Å². The largest absolute Gasteiger partial charge is 0.433 e. The fourth-order valence-corrected chi connectivity index (χ4v) is 3.04. The number of benzene rings is 1. The van der Waals surface area contributed by atoms with Crippen molar-refractivity contribution in [2.45, 2.75) is 51.0 Å². The molecule has 0 aliphatic heterocycles. The topological polar surface area (TPSA) is 45.1 Å². The molecule has 3 nitrogen and oxygen atoms in total. The standard InChI is InChI=1S/C19H22F6N2O/c1-2-3-4-5-9-26-15(11-28)13-10-16(19(23,24)25)27-17-12(13)7-6-8-14(17)18(20,21)22/h6-8,10,15,26,28H,2-5,9,11H2,1H3. The molecule has 1 heterocycles. The molecule has 2 aromatic rings. The monoisotopic (exact) mass is 408 g/mol. The van der Waals surface area contributed by atoms with Crippen LogP contribution in [0.4, 0.5) is 26.3 Å². The summed E-state index contributed by atoms with van der Waals surface area (Å²) in [5.74, 6) is 0. The molecule has 1 aromatic carbocycles. The van der Waals surface area contributed by atoms with Crippen LogP contribution in [0.15, 0.2) is 24.3 Å². The van der Waals surface area contributed by atoms with Crippen molar-refractivity contribution >= 4 is 10.9 Å².